The fourth-order valence-corrected chi connectivity index (χ4v) is 9.13. The molecule has 0 nitrogen and oxygen atoms in total. The Morgan fingerprint density at radius 2 is 1.29 bits per heavy atom. The third-order valence-corrected chi connectivity index (χ3v) is 11.4. The summed E-state index contributed by atoms with van der Waals surface area (Å²) in [6.07, 6.45) is 2.16. The largest absolute Gasteiger partial charge is 0.0933 e. The first-order chi connectivity index (χ1) is 6.39. The summed E-state index contributed by atoms with van der Waals surface area (Å²) >= 11 is 5.66. The monoisotopic (exact) mass is 232 g/mol. The molecule has 0 aliphatic heterocycles. The molecule has 14 heavy (non-hydrogen) atoms. The highest BCUT2D eigenvalue weighted by Crippen LogP contribution is 2.44. The zero-order chi connectivity index (χ0) is 11.4. The van der Waals surface area contributed by atoms with Gasteiger partial charge in [0.25, 0.3) is 0 Å². The van der Waals surface area contributed by atoms with Crippen LogP contribution in [-0.4, -0.2) is 8.07 Å². The lowest BCUT2D eigenvalue weighted by Gasteiger charge is -2.42. The summed E-state index contributed by atoms with van der Waals surface area (Å²) in [6.45, 7) is 14.3. The average molecular weight is 233 g/mol. The van der Waals surface area contributed by atoms with Crippen molar-refractivity contribution in [1.82, 2.24) is 0 Å². The number of halogens is 1. The van der Waals surface area contributed by atoms with Crippen molar-refractivity contribution in [2.45, 2.75) is 64.2 Å². The van der Waals surface area contributed by atoms with Crippen LogP contribution in [0.3, 0.4) is 0 Å². The van der Waals surface area contributed by atoms with E-state index in [-0.39, 0.29) is 0 Å². The van der Waals surface area contributed by atoms with Crippen LogP contribution in [0.25, 0.3) is 0 Å². The molecule has 0 unspecified atom stereocenters. The van der Waals surface area contributed by atoms with E-state index in [1.165, 1.54) is 6.04 Å². The second-order valence-electron chi connectivity index (χ2n) is 5.14. The summed E-state index contributed by atoms with van der Waals surface area (Å²) < 4.78 is 0. The van der Waals surface area contributed by atoms with Crippen molar-refractivity contribution in [3.63, 3.8) is 0 Å². The van der Waals surface area contributed by atoms with Gasteiger partial charge in [0, 0.05) is 0 Å². The van der Waals surface area contributed by atoms with Gasteiger partial charge in [0.1, 0.15) is 0 Å². The predicted molar refractivity (Wildman–Crippen MR) is 70.8 cm³/mol. The fourth-order valence-electron chi connectivity index (χ4n) is 2.96. The van der Waals surface area contributed by atoms with Crippen molar-refractivity contribution < 1.29 is 0 Å². The van der Waals surface area contributed by atoms with Crippen LogP contribution >= 0.6 is 11.6 Å². The van der Waals surface area contributed by atoms with Crippen molar-refractivity contribution >= 4 is 19.7 Å². The third kappa shape index (κ3) is 2.87. The molecule has 0 aliphatic carbocycles. The molecule has 0 amide bonds. The summed E-state index contributed by atoms with van der Waals surface area (Å²) in [7, 11) is -1.22. The Morgan fingerprint density at radius 1 is 0.929 bits per heavy atom. The van der Waals surface area contributed by atoms with E-state index in [0.717, 1.165) is 16.6 Å². The zero-order valence-corrected chi connectivity index (χ0v) is 12.2. The number of hydrogen-bond acceptors (Lipinski definition) is 0. The Kier molecular flexibility index (Phi) is 6.07. The SMILES string of the molecule is CC(C)[Si](C/C=C\Cl)(C(C)C)C(C)C. The number of hydrogen-bond donors (Lipinski definition) is 0. The molecule has 0 saturated heterocycles. The Labute approximate surface area is 95.7 Å². The van der Waals surface area contributed by atoms with Gasteiger partial charge in [-0.1, -0.05) is 75.8 Å². The molecule has 0 spiro atoms. The maximum absolute atomic E-state index is 5.66. The normalized spacial score (nSPS) is 13.9. The van der Waals surface area contributed by atoms with Crippen LogP contribution < -0.4 is 0 Å². The second-order valence-corrected chi connectivity index (χ2v) is 11.5. The molecule has 0 saturated carbocycles. The molecule has 0 fully saturated rings. The first-order valence-electron chi connectivity index (χ1n) is 5.64. The quantitative estimate of drug-likeness (QED) is 0.556. The second kappa shape index (κ2) is 5.97. The Bertz CT molecular complexity index is 161. The Balaban J connectivity index is 4.94. The van der Waals surface area contributed by atoms with Crippen LogP contribution in [0, 0.1) is 0 Å². The minimum atomic E-state index is -1.22. The van der Waals surface area contributed by atoms with Gasteiger partial charge >= 0.3 is 0 Å². The minimum absolute atomic E-state index is 0.829. The van der Waals surface area contributed by atoms with Crippen LogP contribution in [0.5, 0.6) is 0 Å². The summed E-state index contributed by atoms with van der Waals surface area (Å²) in [5, 5.41) is 0. The molecule has 0 bridgehead atoms. The van der Waals surface area contributed by atoms with Crippen LogP contribution in [0.1, 0.15) is 41.5 Å². The lowest BCUT2D eigenvalue weighted by atomic mass is 10.5. The topological polar surface area (TPSA) is 0 Å². The molecule has 0 N–H and O–H groups in total. The average Bonchev–Trinajstić information content (AvgIpc) is 2.03. The Hall–Kier alpha value is 0.247. The highest BCUT2D eigenvalue weighted by atomic mass is 35.5. The molecule has 0 atom stereocenters. The lowest BCUT2D eigenvalue weighted by Crippen LogP contribution is -2.43. The van der Waals surface area contributed by atoms with Gasteiger partial charge in [-0.3, -0.25) is 0 Å². The molecular formula is C12H25ClSi. The van der Waals surface area contributed by atoms with Gasteiger partial charge in [-0.25, -0.2) is 0 Å². The van der Waals surface area contributed by atoms with Gasteiger partial charge in [0.05, 0.1) is 8.07 Å². The van der Waals surface area contributed by atoms with E-state index in [2.05, 4.69) is 47.6 Å². The van der Waals surface area contributed by atoms with Gasteiger partial charge in [-0.05, 0) is 11.6 Å². The van der Waals surface area contributed by atoms with Crippen LogP contribution in [0.15, 0.2) is 11.6 Å². The highest BCUT2D eigenvalue weighted by molar-refractivity contribution is 6.83. The summed E-state index contributed by atoms with van der Waals surface area (Å²) in [4.78, 5) is 0. The van der Waals surface area contributed by atoms with Gasteiger partial charge < -0.3 is 0 Å². The molecule has 0 aliphatic rings. The molecular weight excluding hydrogens is 208 g/mol. The smallest absolute Gasteiger partial charge is 0.0650 e. The standard InChI is InChI=1S/C12H25ClSi/c1-10(2)14(11(3)4,12(5)6)9-7-8-13/h7-8,10-12H,9H2,1-6H3/b8-7-. The Morgan fingerprint density at radius 3 is 1.50 bits per heavy atom. The predicted octanol–water partition coefficient (Wildman–Crippen LogP) is 5.42. The summed E-state index contributed by atoms with van der Waals surface area (Å²) in [6, 6.07) is 1.23. The van der Waals surface area contributed by atoms with Crippen LogP contribution in [0.4, 0.5) is 0 Å². The highest BCUT2D eigenvalue weighted by Gasteiger charge is 2.41. The van der Waals surface area contributed by atoms with Crippen molar-refractivity contribution in [1.29, 1.82) is 0 Å². The van der Waals surface area contributed by atoms with E-state index in [1.54, 1.807) is 5.54 Å². The molecule has 0 aromatic carbocycles. The van der Waals surface area contributed by atoms with E-state index in [4.69, 9.17) is 11.6 Å². The van der Waals surface area contributed by atoms with Crippen molar-refractivity contribution in [2.75, 3.05) is 0 Å². The van der Waals surface area contributed by atoms with Crippen LogP contribution in [-0.2, 0) is 0 Å². The van der Waals surface area contributed by atoms with Gasteiger partial charge in [0.15, 0.2) is 0 Å². The molecule has 0 aromatic heterocycles. The molecule has 0 aromatic rings. The molecule has 2 heteroatoms. The summed E-state index contributed by atoms with van der Waals surface area (Å²) in [5.74, 6) is 0. The van der Waals surface area contributed by atoms with Crippen molar-refractivity contribution in [3.8, 4) is 0 Å². The van der Waals surface area contributed by atoms with Gasteiger partial charge in [-0.2, -0.15) is 0 Å². The lowest BCUT2D eigenvalue weighted by molar-refractivity contribution is 0.811. The summed E-state index contributed by atoms with van der Waals surface area (Å²) in [5.41, 5.74) is 4.18. The maximum atomic E-state index is 5.66. The molecule has 0 radical (unpaired) electrons. The van der Waals surface area contributed by atoms with E-state index in [1.807, 2.05) is 0 Å². The maximum Gasteiger partial charge on any atom is 0.0650 e. The van der Waals surface area contributed by atoms with E-state index < -0.39 is 8.07 Å². The number of rotatable bonds is 5. The zero-order valence-electron chi connectivity index (χ0n) is 10.5. The first kappa shape index (κ1) is 14.2. The van der Waals surface area contributed by atoms with E-state index >= 15 is 0 Å². The third-order valence-electron chi connectivity index (χ3n) is 3.79. The molecule has 0 heterocycles. The molecule has 0 rings (SSSR count). The fraction of sp³-hybridized carbons (Fsp3) is 0.833. The number of allylic oxidation sites excluding steroid dienone is 1. The van der Waals surface area contributed by atoms with Gasteiger partial charge in [-0.15, -0.1) is 0 Å². The minimum Gasteiger partial charge on any atom is -0.0933 e. The van der Waals surface area contributed by atoms with E-state index in [9.17, 15) is 0 Å². The van der Waals surface area contributed by atoms with Crippen LogP contribution in [0.2, 0.25) is 22.7 Å². The van der Waals surface area contributed by atoms with Crippen molar-refractivity contribution in [3.05, 3.63) is 11.6 Å². The molecule has 84 valence electrons. The first-order valence-corrected chi connectivity index (χ1v) is 8.52. The van der Waals surface area contributed by atoms with Crippen molar-refractivity contribution in [2.24, 2.45) is 0 Å². The van der Waals surface area contributed by atoms with Gasteiger partial charge in [0.2, 0.25) is 0 Å². The van der Waals surface area contributed by atoms with E-state index in [0.29, 0.717) is 0 Å².